The highest BCUT2D eigenvalue weighted by atomic mass is 32.3. The topological polar surface area (TPSA) is 352 Å². The molecule has 4 fully saturated rings. The number of aliphatic hydroxyl groups excluding tert-OH is 2. The van der Waals surface area contributed by atoms with E-state index in [9.17, 15) is 73.2 Å². The SMILES string of the molecule is CS(=O)(=O)[N-]S(=O)(=O)C(F)(F)F.CS(=O)(=O)[N-]S(=O)(=O)C(F)(F)F.C[N+]1(CCCN)CCN(CCCN)CC1.O=S(=O)([O-])C(F)(F)F.OCC[N+]1(CCO)CCCC1.c1c[n+](CC2CO2)cn1CC1CO1. The van der Waals surface area contributed by atoms with Gasteiger partial charge in [-0.3, -0.25) is 4.90 Å². The molecule has 4 aliphatic heterocycles. The first kappa shape index (κ1) is 68.8. The van der Waals surface area contributed by atoms with E-state index < -0.39 is 66.7 Å². The van der Waals surface area contributed by atoms with Crippen molar-refractivity contribution < 1.29 is 119 Å². The lowest BCUT2D eigenvalue weighted by atomic mass is 10.2. The number of ether oxygens (including phenoxy) is 2. The number of aromatic nitrogens is 2. The van der Waals surface area contributed by atoms with E-state index >= 15 is 0 Å². The molecule has 5 heterocycles. The van der Waals surface area contributed by atoms with Gasteiger partial charge in [-0.25, -0.2) is 51.2 Å². The van der Waals surface area contributed by atoms with E-state index in [0.717, 1.165) is 82.9 Å². The van der Waals surface area contributed by atoms with Crippen LogP contribution in [0.25, 0.3) is 8.25 Å². The summed E-state index contributed by atoms with van der Waals surface area (Å²) in [6.07, 6.45) is 12.5. The predicted octanol–water partition coefficient (Wildman–Crippen LogP) is -1.01. The van der Waals surface area contributed by atoms with Gasteiger partial charge in [0, 0.05) is 44.9 Å². The number of halogens is 9. The summed E-state index contributed by atoms with van der Waals surface area (Å²) in [4.78, 5) is 2.54. The minimum atomic E-state index is -6.09. The lowest BCUT2D eigenvalue weighted by molar-refractivity contribution is -0.917. The third-order valence-electron chi connectivity index (χ3n) is 9.87. The molecule has 0 spiro atoms. The van der Waals surface area contributed by atoms with Crippen molar-refractivity contribution >= 4 is 50.2 Å². The summed E-state index contributed by atoms with van der Waals surface area (Å²) in [5.74, 6) is 0. The van der Waals surface area contributed by atoms with E-state index in [1.165, 1.54) is 56.6 Å². The van der Waals surface area contributed by atoms with Crippen LogP contribution >= 0.6 is 0 Å². The first-order valence-corrected chi connectivity index (χ1v) is 28.9. The van der Waals surface area contributed by atoms with Crippen LogP contribution in [-0.4, -0.2) is 229 Å². The van der Waals surface area contributed by atoms with Crippen LogP contribution in [0, 0.1) is 0 Å². The Kier molecular flexibility index (Phi) is 28.3. The fourth-order valence-corrected chi connectivity index (χ4v) is 9.65. The van der Waals surface area contributed by atoms with Crippen molar-refractivity contribution in [3.8, 4) is 0 Å². The van der Waals surface area contributed by atoms with Crippen molar-refractivity contribution in [2.75, 3.05) is 125 Å². The van der Waals surface area contributed by atoms with Crippen LogP contribution in [0.2, 0.25) is 0 Å². The van der Waals surface area contributed by atoms with Crippen LogP contribution in [0.15, 0.2) is 18.7 Å². The molecule has 0 saturated carbocycles. The first-order valence-electron chi connectivity index (χ1n) is 20.9. The van der Waals surface area contributed by atoms with Crippen molar-refractivity contribution in [1.82, 2.24) is 9.47 Å². The minimum absolute atomic E-state index is 0.246. The second kappa shape index (κ2) is 29.2. The number of likely N-dealkylation sites (N-methyl/N-ethyl adjacent to an activating group) is 1. The van der Waals surface area contributed by atoms with Crippen LogP contribution in [0.5, 0.6) is 0 Å². The van der Waals surface area contributed by atoms with Crippen molar-refractivity contribution in [2.24, 2.45) is 11.5 Å². The van der Waals surface area contributed by atoms with Gasteiger partial charge in [-0.15, -0.1) is 0 Å². The zero-order valence-electron chi connectivity index (χ0n) is 38.9. The lowest BCUT2D eigenvalue weighted by Gasteiger charge is -2.42. The van der Waals surface area contributed by atoms with Crippen LogP contribution in [-0.2, 0) is 72.8 Å². The molecular formula is C33H64F9N9O15S5. The van der Waals surface area contributed by atoms with Crippen molar-refractivity contribution in [3.05, 3.63) is 27.0 Å². The molecule has 0 aliphatic carbocycles. The highest BCUT2D eigenvalue weighted by molar-refractivity contribution is 8.12. The number of nitrogens with two attached hydrogens (primary N) is 2. The van der Waals surface area contributed by atoms with Crippen LogP contribution in [0.4, 0.5) is 39.5 Å². The van der Waals surface area contributed by atoms with Crippen LogP contribution in [0.3, 0.4) is 0 Å². The Morgan fingerprint density at radius 3 is 1.42 bits per heavy atom. The quantitative estimate of drug-likeness (QED) is 0.0342. The fourth-order valence-electron chi connectivity index (χ4n) is 6.13. The molecule has 2 unspecified atom stereocenters. The van der Waals surface area contributed by atoms with Gasteiger partial charge in [0.15, 0.2) is 30.2 Å². The monoisotopic (exact) mass is 1160 g/mol. The average molecular weight is 1160 g/mol. The molecule has 0 amide bonds. The smallest absolute Gasteiger partial charge is 0.485 e. The molecule has 4 aliphatic rings. The number of hydrogen-bond acceptors (Lipinski definition) is 18. The Morgan fingerprint density at radius 1 is 0.704 bits per heavy atom. The Balaban J connectivity index is 0.000000836. The Labute approximate surface area is 408 Å². The summed E-state index contributed by atoms with van der Waals surface area (Å²) in [5, 5.41) is 17.6. The van der Waals surface area contributed by atoms with Gasteiger partial charge in [0.05, 0.1) is 86.2 Å². The van der Waals surface area contributed by atoms with Gasteiger partial charge in [-0.2, -0.15) is 39.5 Å². The van der Waals surface area contributed by atoms with Gasteiger partial charge in [0.2, 0.25) is 6.33 Å². The van der Waals surface area contributed by atoms with Gasteiger partial charge in [-0.05, 0) is 26.1 Å². The van der Waals surface area contributed by atoms with Gasteiger partial charge in [-0.1, -0.05) is 0 Å². The standard InChI is InChI=1S/C11H27N4.C9H13N2O2.C8H18NO2.2C2H3F3NO4S2.CHF3O3S/c1-15(9-3-5-13)10-7-14(8-11-15)6-2-4-12;1-2-11(4-9-6-13-9)7-10(1)3-8-5-12-8;10-7-5-9(6-8-11)3-1-2-4-9;2*1-11(7,8)6-12(9,10)2(3,4)5;2-1(3,4)8(5,6)7/h2-13H2,1H3;1-2,7-9H,3-6H2;10-11H,1-8H2;2*1H3;(H,5,6,7)/q3*+1;2*-1;/p-1. The number of piperazine rings is 1. The van der Waals surface area contributed by atoms with Crippen LogP contribution in [0.1, 0.15) is 25.7 Å². The van der Waals surface area contributed by atoms with Crippen molar-refractivity contribution in [1.29, 1.82) is 0 Å². The Hall–Kier alpha value is -2.15. The molecule has 2 atom stereocenters. The second-order valence-corrected chi connectivity index (χ2v) is 24.7. The van der Waals surface area contributed by atoms with Gasteiger partial charge >= 0.3 is 16.5 Å². The lowest BCUT2D eigenvalue weighted by Crippen LogP contribution is -2.57. The zero-order chi connectivity index (χ0) is 55.4. The molecule has 71 heavy (non-hydrogen) atoms. The summed E-state index contributed by atoms with van der Waals surface area (Å²) in [6, 6.07) is 0. The maximum Gasteiger partial charge on any atom is 0.485 e. The maximum atomic E-state index is 11.4. The third kappa shape index (κ3) is 30.7. The first-order chi connectivity index (χ1) is 32.1. The fraction of sp³-hybridized carbons (Fsp3) is 0.909. The maximum absolute atomic E-state index is 11.4. The highest BCUT2D eigenvalue weighted by Crippen LogP contribution is 2.30. The molecule has 4 saturated heterocycles. The summed E-state index contributed by atoms with van der Waals surface area (Å²) in [6.45, 7) is 17.3. The van der Waals surface area contributed by atoms with Gasteiger partial charge in [0.1, 0.15) is 50.8 Å². The Morgan fingerprint density at radius 2 is 1.11 bits per heavy atom. The number of epoxide rings is 2. The molecule has 424 valence electrons. The zero-order valence-corrected chi connectivity index (χ0v) is 43.0. The normalized spacial score (nSPS) is 20.2. The largest absolute Gasteiger partial charge is 0.741 e. The van der Waals surface area contributed by atoms with E-state index in [0.29, 0.717) is 12.2 Å². The molecule has 0 radical (unpaired) electrons. The van der Waals surface area contributed by atoms with E-state index in [-0.39, 0.29) is 25.7 Å². The summed E-state index contributed by atoms with van der Waals surface area (Å²) >= 11 is 0. The van der Waals surface area contributed by atoms with Crippen molar-refractivity contribution in [3.63, 3.8) is 0 Å². The number of alkyl halides is 9. The number of likely N-dealkylation sites (tertiary alicyclic amines) is 1. The predicted molar refractivity (Wildman–Crippen MR) is 234 cm³/mol. The molecule has 5 rings (SSSR count). The molecule has 6 N–H and O–H groups in total. The Bertz CT molecular complexity index is 2160. The molecule has 38 heteroatoms. The average Bonchev–Trinajstić information content (AvgIpc) is 4.10. The number of aliphatic hydroxyl groups is 2. The summed E-state index contributed by atoms with van der Waals surface area (Å²) < 4.78 is 228. The number of nitrogens with zero attached hydrogens (tertiary/aromatic N) is 7. The third-order valence-corrected chi connectivity index (χ3v) is 15.3. The number of sulfonamides is 4. The molecule has 1 aromatic heterocycles. The van der Waals surface area contributed by atoms with E-state index in [1.54, 1.807) is 8.25 Å². The van der Waals surface area contributed by atoms with Crippen LogP contribution < -0.4 is 16.0 Å². The molecule has 1 aromatic rings. The molecular weight excluding hydrogens is 1090 g/mol. The molecule has 24 nitrogen and oxygen atoms in total. The van der Waals surface area contributed by atoms with E-state index in [4.69, 9.17) is 44.1 Å². The minimum Gasteiger partial charge on any atom is -0.741 e. The molecule has 0 aromatic carbocycles. The van der Waals surface area contributed by atoms with E-state index in [2.05, 4.69) is 39.8 Å². The number of imidazole rings is 1. The van der Waals surface area contributed by atoms with Gasteiger partial charge in [0.25, 0.3) is 0 Å². The number of hydrogen-bond donors (Lipinski definition) is 4. The summed E-state index contributed by atoms with van der Waals surface area (Å²) in [7, 11) is -24.7. The number of rotatable bonds is 18. The molecule has 0 bridgehead atoms. The second-order valence-electron chi connectivity index (χ2n) is 16.4. The van der Waals surface area contributed by atoms with E-state index in [1.807, 2.05) is 0 Å². The van der Waals surface area contributed by atoms with Gasteiger partial charge < -0.3 is 52.9 Å². The number of quaternary nitrogens is 2. The summed E-state index contributed by atoms with van der Waals surface area (Å²) in [5.41, 5.74) is -5.90. The van der Waals surface area contributed by atoms with Crippen molar-refractivity contribution in [2.45, 2.75) is 67.5 Å². The highest BCUT2D eigenvalue weighted by Gasteiger charge is 2.41.